The first kappa shape index (κ1) is 24.0. The van der Waals surface area contributed by atoms with Gasteiger partial charge in [-0.15, -0.1) is 12.4 Å². The molecule has 0 bridgehead atoms. The molecule has 5 heteroatoms. The highest BCUT2D eigenvalue weighted by molar-refractivity contribution is 5.85. The van der Waals surface area contributed by atoms with Crippen LogP contribution in [0.4, 0.5) is 0 Å². The summed E-state index contributed by atoms with van der Waals surface area (Å²) in [5.41, 5.74) is 2.65. The van der Waals surface area contributed by atoms with E-state index in [0.717, 1.165) is 38.1 Å². The summed E-state index contributed by atoms with van der Waals surface area (Å²) >= 11 is 0. The molecule has 2 atom stereocenters. The molecule has 1 N–H and O–H groups in total. The van der Waals surface area contributed by atoms with E-state index in [-0.39, 0.29) is 18.8 Å². The molecule has 1 heterocycles. The van der Waals surface area contributed by atoms with Gasteiger partial charge in [0, 0.05) is 19.0 Å². The van der Waals surface area contributed by atoms with Gasteiger partial charge in [0.1, 0.15) is 5.75 Å². The SMILES string of the molecule is COc1cccc([C@H]2[C@H](C/C=C\CCCC(=O)O)CCN2Cc2ccccc2)c1.Cl. The molecule has 0 aliphatic carbocycles. The van der Waals surface area contributed by atoms with E-state index in [9.17, 15) is 4.79 Å². The monoisotopic (exact) mass is 429 g/mol. The lowest BCUT2D eigenvalue weighted by atomic mass is 9.90. The Morgan fingerprint density at radius 1 is 1.17 bits per heavy atom. The van der Waals surface area contributed by atoms with Crippen molar-refractivity contribution in [1.82, 2.24) is 4.90 Å². The van der Waals surface area contributed by atoms with Crippen molar-refractivity contribution < 1.29 is 14.6 Å². The van der Waals surface area contributed by atoms with Gasteiger partial charge in [-0.25, -0.2) is 0 Å². The Labute approximate surface area is 186 Å². The van der Waals surface area contributed by atoms with Crippen LogP contribution in [0, 0.1) is 5.92 Å². The molecule has 0 radical (unpaired) electrons. The van der Waals surface area contributed by atoms with Crippen LogP contribution in [0.2, 0.25) is 0 Å². The van der Waals surface area contributed by atoms with Gasteiger partial charge in [-0.3, -0.25) is 9.69 Å². The molecule has 0 aromatic heterocycles. The number of ether oxygens (including phenoxy) is 1. The fraction of sp³-hybridized carbons (Fsp3) is 0.400. The molecule has 162 valence electrons. The third-order valence-corrected chi connectivity index (χ3v) is 5.66. The average molecular weight is 430 g/mol. The van der Waals surface area contributed by atoms with Crippen LogP contribution < -0.4 is 4.74 Å². The minimum atomic E-state index is -0.719. The molecule has 3 rings (SSSR count). The van der Waals surface area contributed by atoms with Gasteiger partial charge >= 0.3 is 5.97 Å². The number of carboxylic acid groups (broad SMARTS) is 1. The van der Waals surface area contributed by atoms with E-state index < -0.39 is 5.97 Å². The lowest BCUT2D eigenvalue weighted by molar-refractivity contribution is -0.137. The molecule has 1 aliphatic heterocycles. The first-order valence-electron chi connectivity index (χ1n) is 10.5. The molecule has 30 heavy (non-hydrogen) atoms. The van der Waals surface area contributed by atoms with Crippen LogP contribution in [0.15, 0.2) is 66.7 Å². The second-order valence-corrected chi connectivity index (χ2v) is 7.72. The molecule has 0 amide bonds. The molecule has 0 unspecified atom stereocenters. The van der Waals surface area contributed by atoms with E-state index in [1.165, 1.54) is 11.1 Å². The van der Waals surface area contributed by atoms with Gasteiger partial charge in [-0.05, 0) is 61.4 Å². The number of likely N-dealkylation sites (tertiary alicyclic amines) is 1. The lowest BCUT2D eigenvalue weighted by Crippen LogP contribution is -2.25. The Hall–Kier alpha value is -2.30. The molecule has 1 fully saturated rings. The maximum Gasteiger partial charge on any atom is 0.303 e. The Morgan fingerprint density at radius 2 is 1.97 bits per heavy atom. The molecule has 0 spiro atoms. The summed E-state index contributed by atoms with van der Waals surface area (Å²) in [4.78, 5) is 13.2. The Balaban J connectivity index is 0.00000320. The van der Waals surface area contributed by atoms with E-state index in [1.54, 1.807) is 7.11 Å². The number of allylic oxidation sites excluding steroid dienone is 2. The fourth-order valence-corrected chi connectivity index (χ4v) is 4.24. The van der Waals surface area contributed by atoms with Crippen LogP contribution in [-0.2, 0) is 11.3 Å². The molecule has 4 nitrogen and oxygen atoms in total. The quantitative estimate of drug-likeness (QED) is 0.378. The van der Waals surface area contributed by atoms with E-state index in [1.807, 2.05) is 6.07 Å². The molecule has 2 aromatic rings. The van der Waals surface area contributed by atoms with E-state index >= 15 is 0 Å². The van der Waals surface area contributed by atoms with Crippen LogP contribution >= 0.6 is 12.4 Å². The van der Waals surface area contributed by atoms with Gasteiger partial charge in [0.2, 0.25) is 0 Å². The second-order valence-electron chi connectivity index (χ2n) is 7.72. The summed E-state index contributed by atoms with van der Waals surface area (Å²) in [5.74, 6) is 0.724. The zero-order chi connectivity index (χ0) is 20.5. The highest BCUT2D eigenvalue weighted by Gasteiger charge is 2.34. The van der Waals surface area contributed by atoms with Crippen molar-refractivity contribution in [2.45, 2.75) is 44.7 Å². The van der Waals surface area contributed by atoms with Crippen molar-refractivity contribution in [3.8, 4) is 5.75 Å². The number of halogens is 1. The average Bonchev–Trinajstić information content (AvgIpc) is 3.13. The van der Waals surface area contributed by atoms with Crippen molar-refractivity contribution in [3.63, 3.8) is 0 Å². The van der Waals surface area contributed by atoms with Gasteiger partial charge in [0.05, 0.1) is 7.11 Å². The number of unbranched alkanes of at least 4 members (excludes halogenated alkanes) is 1. The van der Waals surface area contributed by atoms with Crippen molar-refractivity contribution >= 4 is 18.4 Å². The predicted molar refractivity (Wildman–Crippen MR) is 123 cm³/mol. The van der Waals surface area contributed by atoms with Crippen LogP contribution in [0.25, 0.3) is 0 Å². The number of hydrogen-bond donors (Lipinski definition) is 1. The summed E-state index contributed by atoms with van der Waals surface area (Å²) in [5, 5.41) is 8.76. The summed E-state index contributed by atoms with van der Waals surface area (Å²) in [6, 6.07) is 19.4. The molecule has 1 saturated heterocycles. The lowest BCUT2D eigenvalue weighted by Gasteiger charge is -2.29. The summed E-state index contributed by atoms with van der Waals surface area (Å²) in [7, 11) is 1.72. The fourth-order valence-electron chi connectivity index (χ4n) is 4.24. The zero-order valence-corrected chi connectivity index (χ0v) is 18.4. The Kier molecular flexibility index (Phi) is 9.92. The second kappa shape index (κ2) is 12.4. The minimum Gasteiger partial charge on any atom is -0.497 e. The highest BCUT2D eigenvalue weighted by Crippen LogP contribution is 2.41. The summed E-state index contributed by atoms with van der Waals surface area (Å²) in [6.07, 6.45) is 8.34. The molecular weight excluding hydrogens is 398 g/mol. The minimum absolute atomic E-state index is 0. The molecule has 1 aliphatic rings. The number of hydrogen-bond acceptors (Lipinski definition) is 3. The molecule has 2 aromatic carbocycles. The summed E-state index contributed by atoms with van der Waals surface area (Å²) in [6.45, 7) is 2.02. The van der Waals surface area contributed by atoms with Crippen LogP contribution in [0.1, 0.15) is 49.3 Å². The largest absolute Gasteiger partial charge is 0.497 e. The number of carbonyl (C=O) groups is 1. The maximum atomic E-state index is 10.6. The third-order valence-electron chi connectivity index (χ3n) is 5.66. The number of carboxylic acids is 1. The zero-order valence-electron chi connectivity index (χ0n) is 17.6. The van der Waals surface area contributed by atoms with E-state index in [0.29, 0.717) is 18.4 Å². The number of methoxy groups -OCH3 is 1. The Bertz CT molecular complexity index is 809. The molecular formula is C25H32ClNO3. The first-order valence-corrected chi connectivity index (χ1v) is 10.5. The first-order chi connectivity index (χ1) is 14.2. The highest BCUT2D eigenvalue weighted by atomic mass is 35.5. The topological polar surface area (TPSA) is 49.8 Å². The normalized spacial score (nSPS) is 19.0. The standard InChI is InChI=1S/C25H31NO3.ClH/c1-29-23-14-9-13-22(18-23)25-21(12-7-2-3-8-15-24(27)28)16-17-26(25)19-20-10-5-4-6-11-20;/h2,4-7,9-11,13-14,18,21,25H,3,8,12,15-17,19H2,1H3,(H,27,28);1H/b7-2-;/t21-,25-;/m1./s1. The van der Waals surface area contributed by atoms with Gasteiger partial charge in [0.15, 0.2) is 0 Å². The smallest absolute Gasteiger partial charge is 0.303 e. The summed E-state index contributed by atoms with van der Waals surface area (Å²) < 4.78 is 5.47. The van der Waals surface area contributed by atoms with Crippen molar-refractivity contribution in [1.29, 1.82) is 0 Å². The maximum absolute atomic E-state index is 10.6. The molecule has 0 saturated carbocycles. The number of benzene rings is 2. The van der Waals surface area contributed by atoms with E-state index in [2.05, 4.69) is 65.6 Å². The van der Waals surface area contributed by atoms with Gasteiger partial charge in [-0.2, -0.15) is 0 Å². The van der Waals surface area contributed by atoms with Gasteiger partial charge in [-0.1, -0.05) is 54.6 Å². The van der Waals surface area contributed by atoms with Gasteiger partial charge < -0.3 is 9.84 Å². The predicted octanol–water partition coefficient (Wildman–Crippen LogP) is 5.88. The van der Waals surface area contributed by atoms with Crippen molar-refractivity contribution in [2.75, 3.05) is 13.7 Å². The van der Waals surface area contributed by atoms with Crippen LogP contribution in [0.3, 0.4) is 0 Å². The van der Waals surface area contributed by atoms with Crippen molar-refractivity contribution in [2.24, 2.45) is 5.92 Å². The van der Waals surface area contributed by atoms with Gasteiger partial charge in [0.25, 0.3) is 0 Å². The van der Waals surface area contributed by atoms with E-state index in [4.69, 9.17) is 9.84 Å². The number of rotatable bonds is 10. The third kappa shape index (κ3) is 6.89. The van der Waals surface area contributed by atoms with Crippen LogP contribution in [-0.4, -0.2) is 29.6 Å². The number of nitrogens with zero attached hydrogens (tertiary/aromatic N) is 1. The van der Waals surface area contributed by atoms with Crippen LogP contribution in [0.5, 0.6) is 5.75 Å². The Morgan fingerprint density at radius 3 is 2.70 bits per heavy atom. The number of aliphatic carboxylic acids is 1. The van der Waals surface area contributed by atoms with Crippen molar-refractivity contribution in [3.05, 3.63) is 77.9 Å².